The molecule has 0 spiro atoms. The van der Waals surface area contributed by atoms with E-state index in [0.29, 0.717) is 23.4 Å². The average molecular weight is 296 g/mol. The Morgan fingerprint density at radius 3 is 2.27 bits per heavy atom. The number of rotatable bonds is 4. The van der Waals surface area contributed by atoms with Crippen molar-refractivity contribution in [3.63, 3.8) is 0 Å². The molecular weight excluding hydrogens is 276 g/mol. The van der Waals surface area contributed by atoms with Gasteiger partial charge in [0.05, 0.1) is 0 Å². The highest BCUT2D eigenvalue weighted by molar-refractivity contribution is 6.05. The molecule has 0 aliphatic carbocycles. The fourth-order valence-corrected chi connectivity index (χ4v) is 2.19. The molecule has 2 aromatic rings. The Morgan fingerprint density at radius 1 is 0.955 bits per heavy atom. The molecule has 0 fully saturated rings. The van der Waals surface area contributed by atoms with Gasteiger partial charge in [-0.2, -0.15) is 0 Å². The van der Waals surface area contributed by atoms with Crippen LogP contribution in [0.4, 0.5) is 11.4 Å². The van der Waals surface area contributed by atoms with Gasteiger partial charge in [-0.1, -0.05) is 30.7 Å². The van der Waals surface area contributed by atoms with Crippen LogP contribution in [-0.4, -0.2) is 11.8 Å². The van der Waals surface area contributed by atoms with Gasteiger partial charge in [-0.05, 0) is 43.7 Å². The van der Waals surface area contributed by atoms with Gasteiger partial charge >= 0.3 is 0 Å². The van der Waals surface area contributed by atoms with Crippen molar-refractivity contribution in [1.29, 1.82) is 0 Å². The maximum absolute atomic E-state index is 12.3. The van der Waals surface area contributed by atoms with Gasteiger partial charge in [0.1, 0.15) is 0 Å². The predicted octanol–water partition coefficient (Wildman–Crippen LogP) is 3.90. The van der Waals surface area contributed by atoms with Crippen molar-refractivity contribution >= 4 is 23.2 Å². The van der Waals surface area contributed by atoms with Gasteiger partial charge in [-0.15, -0.1) is 0 Å². The second kappa shape index (κ2) is 6.89. The van der Waals surface area contributed by atoms with E-state index in [9.17, 15) is 9.59 Å². The van der Waals surface area contributed by atoms with Crippen LogP contribution in [0.3, 0.4) is 0 Å². The average Bonchev–Trinajstić information content (AvgIpc) is 2.47. The van der Waals surface area contributed by atoms with E-state index < -0.39 is 0 Å². The lowest BCUT2D eigenvalue weighted by Gasteiger charge is -2.10. The van der Waals surface area contributed by atoms with E-state index in [0.717, 1.165) is 11.1 Å². The molecule has 0 saturated heterocycles. The molecule has 4 nitrogen and oxygen atoms in total. The fraction of sp³-hybridized carbons (Fsp3) is 0.222. The molecule has 0 unspecified atom stereocenters. The lowest BCUT2D eigenvalue weighted by Crippen LogP contribution is -2.14. The SMILES string of the molecule is CCC(=O)Nc1cccc(NC(=O)c2ccc(C)cc2C)c1. The van der Waals surface area contributed by atoms with E-state index >= 15 is 0 Å². The molecule has 2 rings (SSSR count). The minimum atomic E-state index is -0.156. The van der Waals surface area contributed by atoms with E-state index in [1.807, 2.05) is 32.0 Å². The Hall–Kier alpha value is -2.62. The minimum absolute atomic E-state index is 0.0575. The lowest BCUT2D eigenvalue weighted by molar-refractivity contribution is -0.115. The second-order valence-corrected chi connectivity index (χ2v) is 5.26. The van der Waals surface area contributed by atoms with Gasteiger partial charge in [-0.3, -0.25) is 9.59 Å². The van der Waals surface area contributed by atoms with Gasteiger partial charge in [0, 0.05) is 23.4 Å². The number of carbonyl (C=O) groups is 2. The highest BCUT2D eigenvalue weighted by Crippen LogP contribution is 2.18. The van der Waals surface area contributed by atoms with Gasteiger partial charge < -0.3 is 10.6 Å². The van der Waals surface area contributed by atoms with Crippen LogP contribution in [0, 0.1) is 13.8 Å². The van der Waals surface area contributed by atoms with Crippen molar-refractivity contribution in [2.45, 2.75) is 27.2 Å². The zero-order valence-corrected chi connectivity index (χ0v) is 13.1. The molecule has 2 aromatic carbocycles. The van der Waals surface area contributed by atoms with Crippen LogP contribution in [0.25, 0.3) is 0 Å². The zero-order valence-electron chi connectivity index (χ0n) is 13.1. The van der Waals surface area contributed by atoms with Crippen molar-refractivity contribution in [3.8, 4) is 0 Å². The topological polar surface area (TPSA) is 58.2 Å². The number of nitrogens with one attached hydrogen (secondary N) is 2. The van der Waals surface area contributed by atoms with Crippen molar-refractivity contribution in [2.24, 2.45) is 0 Å². The van der Waals surface area contributed by atoms with Gasteiger partial charge in [0.25, 0.3) is 5.91 Å². The van der Waals surface area contributed by atoms with Gasteiger partial charge in [-0.25, -0.2) is 0 Å². The summed E-state index contributed by atoms with van der Waals surface area (Å²) < 4.78 is 0. The third kappa shape index (κ3) is 3.95. The van der Waals surface area contributed by atoms with Gasteiger partial charge in [0.2, 0.25) is 5.91 Å². The molecule has 2 N–H and O–H groups in total. The summed E-state index contributed by atoms with van der Waals surface area (Å²) in [6.45, 7) is 5.70. The first kappa shape index (κ1) is 15.8. The molecule has 0 aliphatic heterocycles. The maximum atomic E-state index is 12.3. The van der Waals surface area contributed by atoms with Crippen molar-refractivity contribution in [3.05, 3.63) is 59.2 Å². The third-order valence-corrected chi connectivity index (χ3v) is 3.35. The Labute approximate surface area is 130 Å². The molecule has 0 saturated carbocycles. The molecule has 4 heteroatoms. The third-order valence-electron chi connectivity index (χ3n) is 3.35. The van der Waals surface area contributed by atoms with Crippen molar-refractivity contribution in [2.75, 3.05) is 10.6 Å². The number of amides is 2. The van der Waals surface area contributed by atoms with Crippen LogP contribution in [0.15, 0.2) is 42.5 Å². The first-order chi connectivity index (χ1) is 10.5. The van der Waals surface area contributed by atoms with E-state index in [1.165, 1.54) is 0 Å². The minimum Gasteiger partial charge on any atom is -0.326 e. The summed E-state index contributed by atoms with van der Waals surface area (Å²) >= 11 is 0. The van der Waals surface area contributed by atoms with E-state index in [2.05, 4.69) is 10.6 Å². The Balaban J connectivity index is 2.14. The number of carbonyl (C=O) groups excluding carboxylic acids is 2. The first-order valence-electron chi connectivity index (χ1n) is 7.28. The van der Waals surface area contributed by atoms with Crippen LogP contribution < -0.4 is 10.6 Å². The van der Waals surface area contributed by atoms with Crippen LogP contribution in [-0.2, 0) is 4.79 Å². The summed E-state index contributed by atoms with van der Waals surface area (Å²) in [6.07, 6.45) is 0.416. The molecule has 0 radical (unpaired) electrons. The molecular formula is C18H20N2O2. The Morgan fingerprint density at radius 2 is 1.64 bits per heavy atom. The van der Waals surface area contributed by atoms with Crippen molar-refractivity contribution in [1.82, 2.24) is 0 Å². The summed E-state index contributed by atoms with van der Waals surface area (Å²) in [6, 6.07) is 12.8. The van der Waals surface area contributed by atoms with Crippen LogP contribution in [0.5, 0.6) is 0 Å². The Kier molecular flexibility index (Phi) is 4.94. The highest BCUT2D eigenvalue weighted by atomic mass is 16.2. The van der Waals surface area contributed by atoms with Crippen LogP contribution in [0.2, 0.25) is 0 Å². The number of hydrogen-bond donors (Lipinski definition) is 2. The fourth-order valence-electron chi connectivity index (χ4n) is 2.19. The summed E-state index contributed by atoms with van der Waals surface area (Å²) in [5.74, 6) is -0.214. The summed E-state index contributed by atoms with van der Waals surface area (Å²) in [4.78, 5) is 23.8. The summed E-state index contributed by atoms with van der Waals surface area (Å²) in [5.41, 5.74) is 4.03. The number of benzene rings is 2. The quantitative estimate of drug-likeness (QED) is 0.899. The van der Waals surface area contributed by atoms with E-state index in [-0.39, 0.29) is 11.8 Å². The molecule has 0 aromatic heterocycles. The largest absolute Gasteiger partial charge is 0.326 e. The smallest absolute Gasteiger partial charge is 0.255 e. The molecule has 0 bridgehead atoms. The molecule has 114 valence electrons. The monoisotopic (exact) mass is 296 g/mol. The number of aryl methyl sites for hydroxylation is 2. The molecule has 0 heterocycles. The Bertz CT molecular complexity index is 708. The summed E-state index contributed by atoms with van der Waals surface area (Å²) in [7, 11) is 0. The second-order valence-electron chi connectivity index (χ2n) is 5.26. The lowest BCUT2D eigenvalue weighted by atomic mass is 10.1. The summed E-state index contributed by atoms with van der Waals surface area (Å²) in [5, 5.41) is 5.63. The van der Waals surface area contributed by atoms with Crippen molar-refractivity contribution < 1.29 is 9.59 Å². The highest BCUT2D eigenvalue weighted by Gasteiger charge is 2.09. The molecule has 0 aliphatic rings. The predicted molar refractivity (Wildman–Crippen MR) is 89.2 cm³/mol. The van der Waals surface area contributed by atoms with E-state index in [1.54, 1.807) is 31.2 Å². The number of anilines is 2. The molecule has 22 heavy (non-hydrogen) atoms. The van der Waals surface area contributed by atoms with Crippen LogP contribution in [0.1, 0.15) is 34.8 Å². The molecule has 0 atom stereocenters. The standard InChI is InChI=1S/C18H20N2O2/c1-4-17(21)19-14-6-5-7-15(11-14)20-18(22)16-9-8-12(2)10-13(16)3/h5-11H,4H2,1-3H3,(H,19,21)(H,20,22). The first-order valence-corrected chi connectivity index (χ1v) is 7.28. The van der Waals surface area contributed by atoms with E-state index in [4.69, 9.17) is 0 Å². The maximum Gasteiger partial charge on any atom is 0.255 e. The van der Waals surface area contributed by atoms with Crippen LogP contribution >= 0.6 is 0 Å². The number of hydrogen-bond acceptors (Lipinski definition) is 2. The molecule has 2 amide bonds. The normalized spacial score (nSPS) is 10.1. The van der Waals surface area contributed by atoms with Gasteiger partial charge in [0.15, 0.2) is 0 Å². The zero-order chi connectivity index (χ0) is 16.1.